The molecule has 1 fully saturated rings. The quantitative estimate of drug-likeness (QED) is 0.778. The first-order chi connectivity index (χ1) is 9.49. The molecular formula is C14H18F2N2O2. The van der Waals surface area contributed by atoms with E-state index in [9.17, 15) is 18.7 Å². The highest BCUT2D eigenvalue weighted by Gasteiger charge is 2.28. The third kappa shape index (κ3) is 3.32. The Bertz CT molecular complexity index is 476. The summed E-state index contributed by atoms with van der Waals surface area (Å²) in [5, 5.41) is 12.3. The SMILES string of the molecule is N[C@@H]1CC[C@@H](C(=O)NC[C@H](O)c2c(F)cccc2F)C1. The van der Waals surface area contributed by atoms with Crippen LogP contribution >= 0.6 is 0 Å². The maximum Gasteiger partial charge on any atom is 0.223 e. The third-order valence-corrected chi connectivity index (χ3v) is 3.65. The van der Waals surface area contributed by atoms with Crippen LogP contribution in [0, 0.1) is 17.6 Å². The molecule has 6 heteroatoms. The number of rotatable bonds is 4. The second kappa shape index (κ2) is 6.28. The summed E-state index contributed by atoms with van der Waals surface area (Å²) in [6.07, 6.45) is 0.700. The van der Waals surface area contributed by atoms with E-state index in [-0.39, 0.29) is 24.4 Å². The van der Waals surface area contributed by atoms with Crippen molar-refractivity contribution < 1.29 is 18.7 Å². The van der Waals surface area contributed by atoms with E-state index in [4.69, 9.17) is 5.73 Å². The lowest BCUT2D eigenvalue weighted by atomic mass is 10.1. The summed E-state index contributed by atoms with van der Waals surface area (Å²) in [6, 6.07) is 3.39. The zero-order valence-electron chi connectivity index (χ0n) is 11.0. The van der Waals surface area contributed by atoms with Crippen LogP contribution in [0.15, 0.2) is 18.2 Å². The van der Waals surface area contributed by atoms with Gasteiger partial charge in [0.25, 0.3) is 0 Å². The van der Waals surface area contributed by atoms with Gasteiger partial charge >= 0.3 is 0 Å². The minimum Gasteiger partial charge on any atom is -0.386 e. The molecule has 0 unspecified atom stereocenters. The molecule has 20 heavy (non-hydrogen) atoms. The van der Waals surface area contributed by atoms with Crippen molar-refractivity contribution in [2.75, 3.05) is 6.54 Å². The van der Waals surface area contributed by atoms with Crippen LogP contribution in [0.2, 0.25) is 0 Å². The summed E-state index contributed by atoms with van der Waals surface area (Å²) < 4.78 is 26.9. The maximum atomic E-state index is 13.4. The van der Waals surface area contributed by atoms with E-state index < -0.39 is 23.3 Å². The minimum atomic E-state index is -1.41. The van der Waals surface area contributed by atoms with Gasteiger partial charge in [0.15, 0.2) is 0 Å². The Morgan fingerprint density at radius 3 is 2.60 bits per heavy atom. The molecule has 4 N–H and O–H groups in total. The van der Waals surface area contributed by atoms with Crippen LogP contribution in [0.3, 0.4) is 0 Å². The molecule has 2 rings (SSSR count). The highest BCUT2D eigenvalue weighted by molar-refractivity contribution is 5.79. The van der Waals surface area contributed by atoms with Gasteiger partial charge in [-0.3, -0.25) is 4.79 Å². The first kappa shape index (κ1) is 14.9. The molecule has 1 amide bonds. The number of carbonyl (C=O) groups is 1. The van der Waals surface area contributed by atoms with Gasteiger partial charge in [0.2, 0.25) is 5.91 Å². The lowest BCUT2D eigenvalue weighted by molar-refractivity contribution is -0.125. The van der Waals surface area contributed by atoms with Gasteiger partial charge in [-0.25, -0.2) is 8.78 Å². The van der Waals surface area contributed by atoms with Crippen LogP contribution in [0.1, 0.15) is 30.9 Å². The highest BCUT2D eigenvalue weighted by atomic mass is 19.1. The first-order valence-electron chi connectivity index (χ1n) is 6.64. The average molecular weight is 284 g/mol. The van der Waals surface area contributed by atoms with E-state index in [1.807, 2.05) is 0 Å². The second-order valence-electron chi connectivity index (χ2n) is 5.17. The van der Waals surface area contributed by atoms with Crippen LogP contribution < -0.4 is 11.1 Å². The normalized spacial score (nSPS) is 23.6. The largest absolute Gasteiger partial charge is 0.386 e. The third-order valence-electron chi connectivity index (χ3n) is 3.65. The van der Waals surface area contributed by atoms with Crippen molar-refractivity contribution >= 4 is 5.91 Å². The Kier molecular flexibility index (Phi) is 4.67. The molecule has 1 saturated carbocycles. The van der Waals surface area contributed by atoms with Gasteiger partial charge in [0.05, 0.1) is 5.56 Å². The fourth-order valence-corrected chi connectivity index (χ4v) is 2.53. The summed E-state index contributed by atoms with van der Waals surface area (Å²) in [5.41, 5.74) is 5.30. The fraction of sp³-hybridized carbons (Fsp3) is 0.500. The Labute approximate surface area is 116 Å². The molecule has 1 aliphatic carbocycles. The van der Waals surface area contributed by atoms with E-state index in [1.165, 1.54) is 6.07 Å². The summed E-state index contributed by atoms with van der Waals surface area (Å²) in [4.78, 5) is 11.8. The van der Waals surface area contributed by atoms with Gasteiger partial charge in [-0.05, 0) is 31.4 Å². The molecule has 4 nitrogen and oxygen atoms in total. The first-order valence-corrected chi connectivity index (χ1v) is 6.64. The number of carbonyl (C=O) groups excluding carboxylic acids is 1. The predicted molar refractivity (Wildman–Crippen MR) is 69.6 cm³/mol. The topological polar surface area (TPSA) is 75.4 Å². The second-order valence-corrected chi connectivity index (χ2v) is 5.17. The summed E-state index contributed by atoms with van der Waals surface area (Å²) in [7, 11) is 0. The molecular weight excluding hydrogens is 266 g/mol. The van der Waals surface area contributed by atoms with Crippen LogP contribution in [0.25, 0.3) is 0 Å². The molecule has 0 saturated heterocycles. The molecule has 1 aromatic rings. The number of nitrogens with one attached hydrogen (secondary N) is 1. The zero-order valence-corrected chi connectivity index (χ0v) is 11.0. The van der Waals surface area contributed by atoms with E-state index in [0.717, 1.165) is 18.6 Å². The molecule has 110 valence electrons. The standard InChI is InChI=1S/C14H18F2N2O2/c15-10-2-1-3-11(16)13(10)12(19)7-18-14(20)8-4-5-9(17)6-8/h1-3,8-9,12,19H,4-7,17H2,(H,18,20)/t8-,9-,12+/m1/s1. The average Bonchev–Trinajstić information content (AvgIpc) is 2.82. The molecule has 1 aliphatic rings. The number of hydrogen-bond acceptors (Lipinski definition) is 3. The van der Waals surface area contributed by atoms with Crippen LogP contribution in [-0.4, -0.2) is 23.6 Å². The Morgan fingerprint density at radius 2 is 2.05 bits per heavy atom. The van der Waals surface area contributed by atoms with Crippen molar-refractivity contribution in [1.82, 2.24) is 5.32 Å². The van der Waals surface area contributed by atoms with Gasteiger partial charge in [0, 0.05) is 18.5 Å². The van der Waals surface area contributed by atoms with Gasteiger partial charge < -0.3 is 16.2 Å². The Hall–Kier alpha value is -1.53. The number of benzene rings is 1. The molecule has 0 radical (unpaired) electrons. The Balaban J connectivity index is 1.92. The highest BCUT2D eigenvalue weighted by Crippen LogP contribution is 2.25. The number of halogens is 2. The molecule has 0 aromatic heterocycles. The van der Waals surface area contributed by atoms with Gasteiger partial charge in [-0.2, -0.15) is 0 Å². The molecule has 0 bridgehead atoms. The monoisotopic (exact) mass is 284 g/mol. The van der Waals surface area contributed by atoms with E-state index in [1.54, 1.807) is 0 Å². The van der Waals surface area contributed by atoms with Gasteiger partial charge in [-0.15, -0.1) is 0 Å². The van der Waals surface area contributed by atoms with Crippen molar-refractivity contribution in [1.29, 1.82) is 0 Å². The number of hydrogen-bond donors (Lipinski definition) is 3. The van der Waals surface area contributed by atoms with Crippen LogP contribution in [-0.2, 0) is 4.79 Å². The fourth-order valence-electron chi connectivity index (χ4n) is 2.53. The lowest BCUT2D eigenvalue weighted by Gasteiger charge is -2.16. The van der Waals surface area contributed by atoms with Crippen molar-refractivity contribution in [2.24, 2.45) is 11.7 Å². The van der Waals surface area contributed by atoms with Crippen LogP contribution in [0.4, 0.5) is 8.78 Å². The number of nitrogens with two attached hydrogens (primary N) is 1. The zero-order chi connectivity index (χ0) is 14.7. The lowest BCUT2D eigenvalue weighted by Crippen LogP contribution is -2.34. The predicted octanol–water partition coefficient (Wildman–Crippen LogP) is 1.24. The molecule has 3 atom stereocenters. The molecule has 0 heterocycles. The minimum absolute atomic E-state index is 0.0275. The van der Waals surface area contributed by atoms with Crippen molar-refractivity contribution in [2.45, 2.75) is 31.4 Å². The van der Waals surface area contributed by atoms with E-state index in [0.29, 0.717) is 12.8 Å². The number of amides is 1. The van der Waals surface area contributed by atoms with Crippen molar-refractivity contribution in [3.8, 4) is 0 Å². The maximum absolute atomic E-state index is 13.4. The van der Waals surface area contributed by atoms with E-state index in [2.05, 4.69) is 5.32 Å². The number of aliphatic hydroxyl groups is 1. The molecule has 0 aliphatic heterocycles. The van der Waals surface area contributed by atoms with Gasteiger partial charge in [-0.1, -0.05) is 6.07 Å². The summed E-state index contributed by atoms with van der Waals surface area (Å²) in [6.45, 7) is -0.220. The van der Waals surface area contributed by atoms with Crippen molar-refractivity contribution in [3.05, 3.63) is 35.4 Å². The summed E-state index contributed by atoms with van der Waals surface area (Å²) in [5.74, 6) is -2.05. The van der Waals surface area contributed by atoms with E-state index >= 15 is 0 Å². The van der Waals surface area contributed by atoms with Crippen molar-refractivity contribution in [3.63, 3.8) is 0 Å². The van der Waals surface area contributed by atoms with Gasteiger partial charge in [0.1, 0.15) is 17.7 Å². The Morgan fingerprint density at radius 1 is 1.40 bits per heavy atom. The molecule has 0 spiro atoms. The smallest absolute Gasteiger partial charge is 0.223 e. The van der Waals surface area contributed by atoms with Crippen LogP contribution in [0.5, 0.6) is 0 Å². The number of aliphatic hydroxyl groups excluding tert-OH is 1. The molecule has 1 aromatic carbocycles. The summed E-state index contributed by atoms with van der Waals surface area (Å²) >= 11 is 0.